The first kappa shape index (κ1) is 17.2. The Hall–Kier alpha value is -0.900. The molecule has 0 aliphatic carbocycles. The van der Waals surface area contributed by atoms with Crippen molar-refractivity contribution >= 4 is 0 Å². The summed E-state index contributed by atoms with van der Waals surface area (Å²) in [6.45, 7) is 8.64. The summed E-state index contributed by atoms with van der Waals surface area (Å²) in [7, 11) is 1.99. The number of benzene rings is 1. The van der Waals surface area contributed by atoms with Crippen LogP contribution in [0.3, 0.4) is 0 Å². The summed E-state index contributed by atoms with van der Waals surface area (Å²) in [6, 6.07) is 10.7. The van der Waals surface area contributed by atoms with E-state index in [-0.39, 0.29) is 12.1 Å². The van der Waals surface area contributed by atoms with Crippen molar-refractivity contribution in [3.63, 3.8) is 0 Å². The number of nitrogens with one attached hydrogen (secondary N) is 1. The van der Waals surface area contributed by atoms with E-state index in [1.807, 2.05) is 13.1 Å². The van der Waals surface area contributed by atoms with E-state index in [2.05, 4.69) is 50.4 Å². The van der Waals surface area contributed by atoms with Gasteiger partial charge in [0, 0.05) is 6.61 Å². The van der Waals surface area contributed by atoms with Crippen molar-refractivity contribution in [1.29, 1.82) is 0 Å². The fourth-order valence-electron chi connectivity index (χ4n) is 2.34. The Morgan fingerprint density at radius 2 is 1.75 bits per heavy atom. The summed E-state index contributed by atoms with van der Waals surface area (Å²) in [5, 5.41) is 3.39. The van der Waals surface area contributed by atoms with Gasteiger partial charge in [-0.3, -0.25) is 0 Å². The fraction of sp³-hybridized carbons (Fsp3) is 0.647. The van der Waals surface area contributed by atoms with Gasteiger partial charge in [-0.2, -0.15) is 0 Å². The van der Waals surface area contributed by atoms with Crippen LogP contribution >= 0.6 is 0 Å². The standard InChI is InChI=1S/C17H29NO2/c1-5-11-19-12-13-20-17(14(2)3)16(18-4)15-9-7-6-8-10-15/h6-10,14,16-18H,5,11-13H2,1-4H3. The molecule has 0 aliphatic heterocycles. The number of ether oxygens (including phenoxy) is 2. The van der Waals surface area contributed by atoms with Crippen molar-refractivity contribution in [2.45, 2.75) is 39.3 Å². The van der Waals surface area contributed by atoms with Crippen LogP contribution in [0.25, 0.3) is 0 Å². The van der Waals surface area contributed by atoms with Gasteiger partial charge >= 0.3 is 0 Å². The predicted octanol–water partition coefficient (Wildman–Crippen LogP) is 3.41. The van der Waals surface area contributed by atoms with Crippen LogP contribution in [-0.2, 0) is 9.47 Å². The molecule has 20 heavy (non-hydrogen) atoms. The molecular weight excluding hydrogens is 250 g/mol. The molecule has 1 aromatic carbocycles. The van der Waals surface area contributed by atoms with Crippen molar-refractivity contribution in [2.75, 3.05) is 26.9 Å². The maximum atomic E-state index is 6.07. The Bertz CT molecular complexity index is 340. The topological polar surface area (TPSA) is 30.5 Å². The molecule has 0 aromatic heterocycles. The van der Waals surface area contributed by atoms with Gasteiger partial charge in [0.05, 0.1) is 25.4 Å². The number of likely N-dealkylation sites (N-methyl/N-ethyl adjacent to an activating group) is 1. The fourth-order valence-corrected chi connectivity index (χ4v) is 2.34. The van der Waals surface area contributed by atoms with Gasteiger partial charge in [-0.15, -0.1) is 0 Å². The highest BCUT2D eigenvalue weighted by Crippen LogP contribution is 2.24. The van der Waals surface area contributed by atoms with E-state index in [0.717, 1.165) is 13.0 Å². The second-order valence-corrected chi connectivity index (χ2v) is 5.37. The van der Waals surface area contributed by atoms with Crippen molar-refractivity contribution in [3.8, 4) is 0 Å². The van der Waals surface area contributed by atoms with Gasteiger partial charge < -0.3 is 14.8 Å². The first-order valence-electron chi connectivity index (χ1n) is 7.62. The first-order valence-corrected chi connectivity index (χ1v) is 7.62. The van der Waals surface area contributed by atoms with Gasteiger partial charge in [0.1, 0.15) is 0 Å². The molecule has 0 spiro atoms. The van der Waals surface area contributed by atoms with E-state index >= 15 is 0 Å². The zero-order valence-electron chi connectivity index (χ0n) is 13.3. The molecule has 1 aromatic rings. The molecule has 3 nitrogen and oxygen atoms in total. The van der Waals surface area contributed by atoms with Crippen LogP contribution in [0.4, 0.5) is 0 Å². The quantitative estimate of drug-likeness (QED) is 0.666. The smallest absolute Gasteiger partial charge is 0.0793 e. The van der Waals surface area contributed by atoms with Gasteiger partial charge in [-0.1, -0.05) is 51.1 Å². The maximum Gasteiger partial charge on any atom is 0.0793 e. The van der Waals surface area contributed by atoms with Crippen LogP contribution in [0.5, 0.6) is 0 Å². The lowest BCUT2D eigenvalue weighted by Crippen LogP contribution is -2.36. The lowest BCUT2D eigenvalue weighted by Gasteiger charge is -2.30. The molecule has 0 fully saturated rings. The molecule has 1 rings (SSSR count). The lowest BCUT2D eigenvalue weighted by atomic mass is 9.93. The van der Waals surface area contributed by atoms with Gasteiger partial charge in [0.15, 0.2) is 0 Å². The largest absolute Gasteiger partial charge is 0.379 e. The van der Waals surface area contributed by atoms with E-state index in [1.54, 1.807) is 0 Å². The molecule has 0 aliphatic rings. The SMILES string of the molecule is CCCOCCOC(C(C)C)C(NC)c1ccccc1. The summed E-state index contributed by atoms with van der Waals surface area (Å²) >= 11 is 0. The normalized spacial score (nSPS) is 14.4. The molecule has 0 radical (unpaired) electrons. The van der Waals surface area contributed by atoms with Crippen molar-refractivity contribution < 1.29 is 9.47 Å². The monoisotopic (exact) mass is 279 g/mol. The van der Waals surface area contributed by atoms with Crippen LogP contribution in [0.1, 0.15) is 38.8 Å². The molecular formula is C17H29NO2. The van der Waals surface area contributed by atoms with Gasteiger partial charge in [-0.25, -0.2) is 0 Å². The van der Waals surface area contributed by atoms with E-state index < -0.39 is 0 Å². The third-order valence-corrected chi connectivity index (χ3v) is 3.34. The Morgan fingerprint density at radius 3 is 2.30 bits per heavy atom. The zero-order valence-corrected chi connectivity index (χ0v) is 13.3. The average Bonchev–Trinajstić information content (AvgIpc) is 2.46. The third kappa shape index (κ3) is 5.61. The third-order valence-electron chi connectivity index (χ3n) is 3.34. The summed E-state index contributed by atoms with van der Waals surface area (Å²) in [5.41, 5.74) is 1.27. The Kier molecular flexibility index (Phi) is 8.51. The van der Waals surface area contributed by atoms with Crippen molar-refractivity contribution in [1.82, 2.24) is 5.32 Å². The van der Waals surface area contributed by atoms with E-state index in [4.69, 9.17) is 9.47 Å². The number of rotatable bonds is 10. The van der Waals surface area contributed by atoms with Crippen LogP contribution < -0.4 is 5.32 Å². The highest BCUT2D eigenvalue weighted by molar-refractivity contribution is 5.20. The van der Waals surface area contributed by atoms with Crippen LogP contribution in [0, 0.1) is 5.92 Å². The van der Waals surface area contributed by atoms with Gasteiger partial charge in [0.2, 0.25) is 0 Å². The molecule has 0 saturated heterocycles. The van der Waals surface area contributed by atoms with Crippen LogP contribution in [0.15, 0.2) is 30.3 Å². The van der Waals surface area contributed by atoms with Crippen LogP contribution in [0.2, 0.25) is 0 Å². The molecule has 0 bridgehead atoms. The summed E-state index contributed by atoms with van der Waals surface area (Å²) in [5.74, 6) is 0.443. The van der Waals surface area contributed by atoms with Crippen molar-refractivity contribution in [2.24, 2.45) is 5.92 Å². The molecule has 2 unspecified atom stereocenters. The Balaban J connectivity index is 2.59. The molecule has 0 heterocycles. The summed E-state index contributed by atoms with van der Waals surface area (Å²) in [4.78, 5) is 0. The summed E-state index contributed by atoms with van der Waals surface area (Å²) < 4.78 is 11.6. The van der Waals surface area contributed by atoms with E-state index in [1.165, 1.54) is 5.56 Å². The molecule has 3 heteroatoms. The molecule has 1 N–H and O–H groups in total. The Morgan fingerprint density at radius 1 is 1.05 bits per heavy atom. The van der Waals surface area contributed by atoms with Gasteiger partial charge in [0.25, 0.3) is 0 Å². The minimum absolute atomic E-state index is 0.146. The second-order valence-electron chi connectivity index (χ2n) is 5.37. The predicted molar refractivity (Wildman–Crippen MR) is 83.9 cm³/mol. The molecule has 114 valence electrons. The first-order chi connectivity index (χ1) is 9.70. The van der Waals surface area contributed by atoms with E-state index in [9.17, 15) is 0 Å². The minimum atomic E-state index is 0.146. The molecule has 0 saturated carbocycles. The minimum Gasteiger partial charge on any atom is -0.379 e. The second kappa shape index (κ2) is 9.92. The lowest BCUT2D eigenvalue weighted by molar-refractivity contribution is -0.0320. The number of hydrogen-bond donors (Lipinski definition) is 1. The summed E-state index contributed by atoms with van der Waals surface area (Å²) in [6.07, 6.45) is 1.20. The van der Waals surface area contributed by atoms with Crippen LogP contribution in [-0.4, -0.2) is 33.0 Å². The van der Waals surface area contributed by atoms with Gasteiger partial charge in [-0.05, 0) is 24.9 Å². The molecule has 0 amide bonds. The highest BCUT2D eigenvalue weighted by atomic mass is 16.5. The maximum absolute atomic E-state index is 6.07. The number of hydrogen-bond acceptors (Lipinski definition) is 3. The van der Waals surface area contributed by atoms with E-state index in [0.29, 0.717) is 19.1 Å². The molecule has 2 atom stereocenters. The zero-order chi connectivity index (χ0) is 14.8. The Labute approximate surface area is 123 Å². The van der Waals surface area contributed by atoms with Crippen molar-refractivity contribution in [3.05, 3.63) is 35.9 Å². The average molecular weight is 279 g/mol. The highest BCUT2D eigenvalue weighted by Gasteiger charge is 2.25.